The van der Waals surface area contributed by atoms with E-state index in [2.05, 4.69) is 18.6 Å². The van der Waals surface area contributed by atoms with Gasteiger partial charge in [-0.15, -0.1) is 0 Å². The number of hydrogen-bond acceptors (Lipinski definition) is 4. The van der Waals surface area contributed by atoms with Crippen LogP contribution in [0.5, 0.6) is 5.75 Å². The first kappa shape index (κ1) is 24.8. The molecule has 0 unspecified atom stereocenters. The predicted molar refractivity (Wildman–Crippen MR) is 101 cm³/mol. The van der Waals surface area contributed by atoms with Crippen LogP contribution in [0.4, 0.5) is 26.3 Å². The molecule has 2 rings (SSSR count). The largest absolute Gasteiger partial charge is 0.482 e. The highest BCUT2D eigenvalue weighted by Gasteiger charge is 2.71. The number of fused-ring (bicyclic) bond motifs is 1. The predicted octanol–water partition coefficient (Wildman–Crippen LogP) is 5.52. The number of halogens is 6. The number of rotatable bonds is 8. The Balaban J connectivity index is 2.02. The monoisotopic (exact) mass is 452 g/mol. The third-order valence-corrected chi connectivity index (χ3v) is 5.03. The van der Waals surface area contributed by atoms with E-state index in [1.807, 2.05) is 18.2 Å². The average molecular weight is 452 g/mol. The second-order valence-corrected chi connectivity index (χ2v) is 7.09. The zero-order chi connectivity index (χ0) is 23.4. The van der Waals surface area contributed by atoms with Crippen molar-refractivity contribution in [3.8, 4) is 5.75 Å². The molecule has 4 nitrogen and oxygen atoms in total. The lowest BCUT2D eigenvalue weighted by molar-refractivity contribution is -0.375. The van der Waals surface area contributed by atoms with Crippen molar-refractivity contribution in [3.05, 3.63) is 42.0 Å². The molecule has 0 aliphatic rings. The molecule has 10 heteroatoms. The number of ether oxygens (including phenoxy) is 2. The molecule has 0 bridgehead atoms. The van der Waals surface area contributed by atoms with Crippen LogP contribution in [0.25, 0.3) is 10.8 Å². The molecular weight excluding hydrogens is 430 g/mol. The molecule has 0 saturated heterocycles. The molecule has 0 atom stereocenters. The molecule has 2 aromatic rings. The van der Waals surface area contributed by atoms with E-state index in [4.69, 9.17) is 9.84 Å². The van der Waals surface area contributed by atoms with E-state index in [9.17, 15) is 31.1 Å². The van der Waals surface area contributed by atoms with Gasteiger partial charge in [0, 0.05) is 0 Å². The van der Waals surface area contributed by atoms with E-state index in [0.29, 0.717) is 5.92 Å². The first-order valence-electron chi connectivity index (χ1n) is 9.50. The van der Waals surface area contributed by atoms with Crippen LogP contribution >= 0.6 is 0 Å². The van der Waals surface area contributed by atoms with Crippen molar-refractivity contribution in [2.24, 2.45) is 0 Å². The number of carbonyl (C=O) groups excluding carboxylic acids is 1. The highest BCUT2D eigenvalue weighted by Crippen LogP contribution is 2.43. The van der Waals surface area contributed by atoms with Crippen molar-refractivity contribution in [1.82, 2.24) is 0 Å². The van der Waals surface area contributed by atoms with E-state index in [1.54, 1.807) is 12.1 Å². The van der Waals surface area contributed by atoms with Crippen molar-refractivity contribution < 1.29 is 45.7 Å². The quantitative estimate of drug-likeness (QED) is 0.423. The second kappa shape index (κ2) is 9.33. The van der Waals surface area contributed by atoms with Gasteiger partial charge in [0.25, 0.3) is 5.60 Å². The van der Waals surface area contributed by atoms with Gasteiger partial charge in [-0.1, -0.05) is 38.1 Å². The van der Waals surface area contributed by atoms with Gasteiger partial charge in [0.1, 0.15) is 12.4 Å². The summed E-state index contributed by atoms with van der Waals surface area (Å²) in [5.41, 5.74) is -3.98. The summed E-state index contributed by atoms with van der Waals surface area (Å²) in [7, 11) is 0. The number of alkyl halides is 6. The molecule has 0 aliphatic carbocycles. The van der Waals surface area contributed by atoms with Crippen LogP contribution in [-0.4, -0.2) is 42.2 Å². The molecule has 31 heavy (non-hydrogen) atoms. The highest BCUT2D eigenvalue weighted by atomic mass is 19.4. The van der Waals surface area contributed by atoms with Crippen LogP contribution in [-0.2, 0) is 9.53 Å². The molecule has 172 valence electrons. The number of hydrogen-bond donors (Lipinski definition) is 1. The van der Waals surface area contributed by atoms with Gasteiger partial charge in [-0.25, -0.2) is 4.79 Å². The number of benzene rings is 2. The Hall–Kier alpha value is -2.49. The van der Waals surface area contributed by atoms with Gasteiger partial charge < -0.3 is 14.6 Å². The molecule has 0 aromatic heterocycles. The minimum atomic E-state index is -6.07. The molecule has 0 spiro atoms. The number of aliphatic hydroxyl groups is 1. The first-order valence-corrected chi connectivity index (χ1v) is 9.50. The highest BCUT2D eigenvalue weighted by molar-refractivity contribution is 5.84. The lowest BCUT2D eigenvalue weighted by atomic mass is 9.92. The van der Waals surface area contributed by atoms with Crippen LogP contribution in [0.15, 0.2) is 36.4 Å². The fourth-order valence-corrected chi connectivity index (χ4v) is 3.04. The average Bonchev–Trinajstić information content (AvgIpc) is 2.69. The molecule has 1 N–H and O–H groups in total. The van der Waals surface area contributed by atoms with Gasteiger partial charge in [-0.2, -0.15) is 26.3 Å². The van der Waals surface area contributed by atoms with Gasteiger partial charge in [0.15, 0.2) is 6.61 Å². The van der Waals surface area contributed by atoms with Gasteiger partial charge in [0.2, 0.25) is 0 Å². The van der Waals surface area contributed by atoms with Crippen molar-refractivity contribution in [2.75, 3.05) is 13.2 Å². The van der Waals surface area contributed by atoms with Crippen molar-refractivity contribution in [1.29, 1.82) is 0 Å². The minimum absolute atomic E-state index is 0.182. The zero-order valence-corrected chi connectivity index (χ0v) is 16.8. The van der Waals surface area contributed by atoms with Crippen LogP contribution in [0, 0.1) is 0 Å². The van der Waals surface area contributed by atoms with Gasteiger partial charge in [-0.3, -0.25) is 0 Å². The third-order valence-electron chi connectivity index (χ3n) is 5.03. The summed E-state index contributed by atoms with van der Waals surface area (Å²) < 4.78 is 84.6. The van der Waals surface area contributed by atoms with E-state index < -0.39 is 37.1 Å². The third kappa shape index (κ3) is 5.61. The van der Waals surface area contributed by atoms with Crippen LogP contribution in [0.3, 0.4) is 0 Å². The van der Waals surface area contributed by atoms with E-state index in [-0.39, 0.29) is 5.75 Å². The molecule has 0 radical (unpaired) electrons. The van der Waals surface area contributed by atoms with Crippen LogP contribution < -0.4 is 4.74 Å². The van der Waals surface area contributed by atoms with Gasteiger partial charge >= 0.3 is 18.3 Å². The Labute approximate surface area is 174 Å². The summed E-state index contributed by atoms with van der Waals surface area (Å²) in [5.74, 6) is -0.889. The lowest BCUT2D eigenvalue weighted by Crippen LogP contribution is -2.60. The van der Waals surface area contributed by atoms with Crippen molar-refractivity contribution >= 4 is 16.7 Å². The second-order valence-electron chi connectivity index (χ2n) is 7.09. The summed E-state index contributed by atoms with van der Waals surface area (Å²) in [6.07, 6.45) is -10.2. The van der Waals surface area contributed by atoms with E-state index in [1.165, 1.54) is 11.6 Å². The fraction of sp³-hybridized carbons (Fsp3) is 0.476. The number of carbonyl (C=O) groups is 1. The van der Waals surface area contributed by atoms with Crippen LogP contribution in [0.1, 0.15) is 38.2 Å². The Kier molecular flexibility index (Phi) is 7.46. The maximum Gasteiger partial charge on any atom is 0.429 e. The summed E-state index contributed by atoms with van der Waals surface area (Å²) in [6, 6.07) is 10.7. The van der Waals surface area contributed by atoms with Gasteiger partial charge in [-0.05, 0) is 47.2 Å². The maximum atomic E-state index is 12.6. The standard InChI is InChI=1S/C21H22F6O4/c1-3-13(4-2)14-5-6-16-10-17(8-7-15(16)9-14)30-11-18(28)31-12-19(29,20(22,23)24)21(25,26)27/h5-10,13,29H,3-4,11-12H2,1-2H3. The molecule has 0 saturated carbocycles. The van der Waals surface area contributed by atoms with Crippen molar-refractivity contribution in [2.45, 2.75) is 50.6 Å². The van der Waals surface area contributed by atoms with Gasteiger partial charge in [0.05, 0.1) is 0 Å². The van der Waals surface area contributed by atoms with Crippen LogP contribution in [0.2, 0.25) is 0 Å². The smallest absolute Gasteiger partial charge is 0.429 e. The Morgan fingerprint density at radius 2 is 1.48 bits per heavy atom. The normalized spacial score (nSPS) is 13.0. The molecule has 2 aromatic carbocycles. The maximum absolute atomic E-state index is 12.6. The summed E-state index contributed by atoms with van der Waals surface area (Å²) in [5, 5.41) is 10.7. The Morgan fingerprint density at radius 1 is 0.935 bits per heavy atom. The molecule has 0 heterocycles. The topological polar surface area (TPSA) is 55.8 Å². The lowest BCUT2D eigenvalue weighted by Gasteiger charge is -2.31. The SMILES string of the molecule is CCC(CC)c1ccc2cc(OCC(=O)OCC(O)(C(F)(F)F)C(F)(F)F)ccc2c1. The minimum Gasteiger partial charge on any atom is -0.482 e. The Morgan fingerprint density at radius 3 is 2.03 bits per heavy atom. The van der Waals surface area contributed by atoms with Crippen molar-refractivity contribution in [3.63, 3.8) is 0 Å². The molecule has 0 fully saturated rings. The Bertz CT molecular complexity index is 889. The summed E-state index contributed by atoms with van der Waals surface area (Å²) in [4.78, 5) is 11.6. The summed E-state index contributed by atoms with van der Waals surface area (Å²) >= 11 is 0. The molecule has 0 amide bonds. The molecular formula is C21H22F6O4. The van der Waals surface area contributed by atoms with E-state index in [0.717, 1.165) is 23.6 Å². The number of esters is 1. The first-order chi connectivity index (χ1) is 14.3. The van der Waals surface area contributed by atoms with E-state index >= 15 is 0 Å². The zero-order valence-electron chi connectivity index (χ0n) is 16.8. The summed E-state index contributed by atoms with van der Waals surface area (Å²) in [6.45, 7) is 0.944. The fourth-order valence-electron chi connectivity index (χ4n) is 3.04. The molecule has 0 aliphatic heterocycles.